The molecule has 1 rings (SSSR count). The third-order valence-corrected chi connectivity index (χ3v) is 3.03. The van der Waals surface area contributed by atoms with Crippen LogP contribution in [0, 0.1) is 0 Å². The minimum Gasteiger partial charge on any atom is -0.389 e. The fourth-order valence-electron chi connectivity index (χ4n) is 1.90. The summed E-state index contributed by atoms with van der Waals surface area (Å²) in [5.74, 6) is 0. The minimum absolute atomic E-state index is 0.0695. The van der Waals surface area contributed by atoms with E-state index in [1.165, 1.54) is 0 Å². The number of hydrogen-bond acceptors (Lipinski definition) is 4. The van der Waals surface area contributed by atoms with Gasteiger partial charge >= 0.3 is 0 Å². The smallest absolute Gasteiger partial charge is 0.108 e. The van der Waals surface area contributed by atoms with Crippen molar-refractivity contribution in [3.63, 3.8) is 0 Å². The van der Waals surface area contributed by atoms with Gasteiger partial charge in [-0.1, -0.05) is 13.3 Å². The fraction of sp³-hybridized carbons (Fsp3) is 1.00. The third kappa shape index (κ3) is 2.45. The van der Waals surface area contributed by atoms with Crippen molar-refractivity contribution in [2.24, 2.45) is 0 Å². The summed E-state index contributed by atoms with van der Waals surface area (Å²) in [7, 11) is 0. The van der Waals surface area contributed by atoms with Crippen LogP contribution in [0.1, 0.15) is 26.7 Å². The lowest BCUT2D eigenvalue weighted by Gasteiger charge is -2.42. The van der Waals surface area contributed by atoms with Crippen LogP contribution in [0.25, 0.3) is 0 Å². The molecule has 1 heterocycles. The van der Waals surface area contributed by atoms with Gasteiger partial charge in [-0.15, -0.1) is 0 Å². The quantitative estimate of drug-likeness (QED) is 0.582. The first-order valence-corrected chi connectivity index (χ1v) is 5.36. The second-order valence-electron chi connectivity index (χ2n) is 4.14. The lowest BCUT2D eigenvalue weighted by atomic mass is 9.95. The van der Waals surface area contributed by atoms with Crippen LogP contribution >= 0.6 is 0 Å². The Morgan fingerprint density at radius 2 is 1.86 bits per heavy atom. The second kappa shape index (κ2) is 5.07. The Morgan fingerprint density at radius 1 is 1.21 bits per heavy atom. The molecular weight excluding hydrogens is 182 g/mol. The highest BCUT2D eigenvalue weighted by molar-refractivity contribution is 4.91. The van der Waals surface area contributed by atoms with Crippen molar-refractivity contribution < 1.29 is 15.3 Å². The number of aliphatic hydroxyl groups is 3. The maximum absolute atomic E-state index is 9.63. The molecule has 0 aliphatic carbocycles. The maximum atomic E-state index is 9.63. The van der Waals surface area contributed by atoms with Crippen LogP contribution in [0.15, 0.2) is 0 Å². The number of piperidine rings is 1. The van der Waals surface area contributed by atoms with Crippen LogP contribution in [0.5, 0.6) is 0 Å². The number of aliphatic hydroxyl groups excluding tert-OH is 3. The Hall–Kier alpha value is -0.160. The molecule has 1 aliphatic heterocycles. The first kappa shape index (κ1) is 11.9. The Bertz CT molecular complexity index is 177. The largest absolute Gasteiger partial charge is 0.389 e. The van der Waals surface area contributed by atoms with E-state index >= 15 is 0 Å². The Kier molecular flexibility index (Phi) is 4.31. The molecule has 14 heavy (non-hydrogen) atoms. The Morgan fingerprint density at radius 3 is 2.43 bits per heavy atom. The zero-order valence-corrected chi connectivity index (χ0v) is 8.93. The van der Waals surface area contributed by atoms with Crippen molar-refractivity contribution in [1.29, 1.82) is 0 Å². The van der Waals surface area contributed by atoms with E-state index in [4.69, 9.17) is 0 Å². The predicted molar refractivity (Wildman–Crippen MR) is 54.0 cm³/mol. The Labute approximate surface area is 85.2 Å². The van der Waals surface area contributed by atoms with Crippen LogP contribution in [-0.2, 0) is 0 Å². The van der Waals surface area contributed by atoms with Gasteiger partial charge in [0.25, 0.3) is 0 Å². The van der Waals surface area contributed by atoms with Gasteiger partial charge in [0.15, 0.2) is 0 Å². The highest BCUT2D eigenvalue weighted by Gasteiger charge is 2.38. The summed E-state index contributed by atoms with van der Waals surface area (Å²) in [4.78, 5) is 2.03. The van der Waals surface area contributed by atoms with E-state index in [1.54, 1.807) is 0 Å². The highest BCUT2D eigenvalue weighted by Crippen LogP contribution is 2.18. The first-order valence-electron chi connectivity index (χ1n) is 5.36. The summed E-state index contributed by atoms with van der Waals surface area (Å²) in [6.45, 7) is 5.32. The molecular formula is C10H21NO3. The average molecular weight is 203 g/mol. The molecule has 0 aromatic heterocycles. The van der Waals surface area contributed by atoms with Crippen LogP contribution in [0.4, 0.5) is 0 Å². The van der Waals surface area contributed by atoms with Crippen LogP contribution in [-0.4, -0.2) is 57.7 Å². The summed E-state index contributed by atoms with van der Waals surface area (Å²) in [5, 5.41) is 28.6. The van der Waals surface area contributed by atoms with Crippen LogP contribution in [0.2, 0.25) is 0 Å². The molecule has 1 aliphatic rings. The van der Waals surface area contributed by atoms with E-state index in [-0.39, 0.29) is 6.04 Å². The summed E-state index contributed by atoms with van der Waals surface area (Å²) in [5.41, 5.74) is 0. The van der Waals surface area contributed by atoms with Crippen molar-refractivity contribution in [1.82, 2.24) is 4.90 Å². The summed E-state index contributed by atoms with van der Waals surface area (Å²) in [6.07, 6.45) is -0.505. The van der Waals surface area contributed by atoms with Crippen molar-refractivity contribution in [3.05, 3.63) is 0 Å². The van der Waals surface area contributed by atoms with E-state index < -0.39 is 18.3 Å². The molecule has 0 radical (unpaired) electrons. The Balaban J connectivity index is 2.52. The summed E-state index contributed by atoms with van der Waals surface area (Å²) < 4.78 is 0. The maximum Gasteiger partial charge on any atom is 0.108 e. The molecule has 4 atom stereocenters. The number of likely N-dealkylation sites (tertiary alicyclic amines) is 1. The number of unbranched alkanes of at least 4 members (excludes halogenated alkanes) is 1. The normalized spacial score (nSPS) is 40.1. The van der Waals surface area contributed by atoms with E-state index in [0.717, 1.165) is 19.4 Å². The SMILES string of the molecule is CCCCN1C[C@H](O)[C@@H](O)[C@@H](O)[C@H]1C. The molecule has 1 saturated heterocycles. The molecule has 0 aromatic rings. The van der Waals surface area contributed by atoms with E-state index in [1.807, 2.05) is 11.8 Å². The van der Waals surface area contributed by atoms with E-state index in [2.05, 4.69) is 6.92 Å². The fourth-order valence-corrected chi connectivity index (χ4v) is 1.90. The number of nitrogens with zero attached hydrogens (tertiary/aromatic N) is 1. The summed E-state index contributed by atoms with van der Waals surface area (Å²) >= 11 is 0. The number of rotatable bonds is 3. The topological polar surface area (TPSA) is 63.9 Å². The van der Waals surface area contributed by atoms with Crippen molar-refractivity contribution in [3.8, 4) is 0 Å². The molecule has 0 spiro atoms. The van der Waals surface area contributed by atoms with Crippen molar-refractivity contribution in [2.75, 3.05) is 13.1 Å². The zero-order valence-electron chi connectivity index (χ0n) is 8.93. The molecule has 0 unspecified atom stereocenters. The van der Waals surface area contributed by atoms with Gasteiger partial charge < -0.3 is 15.3 Å². The van der Waals surface area contributed by atoms with Crippen molar-refractivity contribution in [2.45, 2.75) is 51.0 Å². The van der Waals surface area contributed by atoms with Crippen molar-refractivity contribution >= 4 is 0 Å². The van der Waals surface area contributed by atoms with Gasteiger partial charge in [-0.05, 0) is 19.9 Å². The number of hydrogen-bond donors (Lipinski definition) is 3. The van der Waals surface area contributed by atoms with Gasteiger partial charge in [-0.3, -0.25) is 4.90 Å². The molecule has 0 bridgehead atoms. The molecule has 0 aromatic carbocycles. The summed E-state index contributed by atoms with van der Waals surface area (Å²) in [6, 6.07) is -0.0695. The minimum atomic E-state index is -0.997. The second-order valence-corrected chi connectivity index (χ2v) is 4.14. The molecule has 84 valence electrons. The van der Waals surface area contributed by atoms with Crippen LogP contribution in [0.3, 0.4) is 0 Å². The molecule has 0 amide bonds. The predicted octanol–water partition coefficient (Wildman–Crippen LogP) is -0.427. The molecule has 1 fully saturated rings. The monoisotopic (exact) mass is 203 g/mol. The van der Waals surface area contributed by atoms with Gasteiger partial charge in [-0.25, -0.2) is 0 Å². The molecule has 3 N–H and O–H groups in total. The third-order valence-electron chi connectivity index (χ3n) is 3.03. The molecule has 4 heteroatoms. The zero-order chi connectivity index (χ0) is 10.7. The average Bonchev–Trinajstić information content (AvgIpc) is 2.18. The van der Waals surface area contributed by atoms with Gasteiger partial charge in [0.05, 0.1) is 12.2 Å². The molecule has 4 nitrogen and oxygen atoms in total. The number of β-amino-alcohol motifs (C(OH)–C–C–N with tert-alkyl or cyclic N) is 1. The van der Waals surface area contributed by atoms with Crippen LogP contribution < -0.4 is 0 Å². The lowest BCUT2D eigenvalue weighted by Crippen LogP contribution is -2.60. The van der Waals surface area contributed by atoms with Gasteiger partial charge in [0, 0.05) is 12.6 Å². The van der Waals surface area contributed by atoms with E-state index in [0.29, 0.717) is 6.54 Å². The van der Waals surface area contributed by atoms with Gasteiger partial charge in [0.1, 0.15) is 6.10 Å². The first-order chi connectivity index (χ1) is 6.57. The molecule has 0 saturated carbocycles. The van der Waals surface area contributed by atoms with Gasteiger partial charge in [-0.2, -0.15) is 0 Å². The van der Waals surface area contributed by atoms with Gasteiger partial charge in [0.2, 0.25) is 0 Å². The standard InChI is InChI=1S/C10H21NO3/c1-3-4-5-11-6-8(12)10(14)9(13)7(11)2/h7-10,12-14H,3-6H2,1-2H3/t7-,8+,9+,10-/m1/s1. The highest BCUT2D eigenvalue weighted by atomic mass is 16.4. The lowest BCUT2D eigenvalue weighted by molar-refractivity contribution is -0.133. The van der Waals surface area contributed by atoms with E-state index in [9.17, 15) is 15.3 Å².